The number of carboxylic acids is 1. The van der Waals surface area contributed by atoms with E-state index in [-0.39, 0.29) is 6.54 Å². The molecule has 2 aromatic rings. The molecule has 0 unspecified atom stereocenters. The van der Waals surface area contributed by atoms with Gasteiger partial charge in [-0.3, -0.25) is 0 Å². The van der Waals surface area contributed by atoms with Crippen LogP contribution in [0.25, 0.3) is 0 Å². The van der Waals surface area contributed by atoms with Gasteiger partial charge in [-0.05, 0) is 12.0 Å². The number of aliphatic carboxylic acids is 1. The van der Waals surface area contributed by atoms with Crippen LogP contribution in [0.1, 0.15) is 37.6 Å². The van der Waals surface area contributed by atoms with E-state index in [1.54, 1.807) is 4.57 Å². The van der Waals surface area contributed by atoms with Crippen LogP contribution < -0.4 is 9.67 Å². The second kappa shape index (κ2) is 7.62. The molecule has 0 aliphatic rings. The predicted octanol–water partition coefficient (Wildman–Crippen LogP) is 1.31. The summed E-state index contributed by atoms with van der Waals surface area (Å²) in [6.07, 6.45) is 8.06. The number of benzene rings is 1. The summed E-state index contributed by atoms with van der Waals surface area (Å²) in [6, 6.07) is 10.2. The van der Waals surface area contributed by atoms with Crippen molar-refractivity contribution in [3.8, 4) is 0 Å². The lowest BCUT2D eigenvalue weighted by Crippen LogP contribution is -2.39. The van der Waals surface area contributed by atoms with Gasteiger partial charge in [0.1, 0.15) is 25.5 Å². The molecule has 0 aliphatic carbocycles. The molecule has 4 heteroatoms. The molecule has 21 heavy (non-hydrogen) atoms. The van der Waals surface area contributed by atoms with Crippen molar-refractivity contribution in [3.05, 3.63) is 54.1 Å². The standard InChI is InChI=1S/C17H22N2O2/c1-2-3-5-10-16-18(11-12-19(16)14-17(20)21)13-15-8-6-4-7-9-15/h4,6-9,11-12H,2-3,5,10,13-14H2,1H3. The molecule has 112 valence electrons. The number of carbonyl (C=O) groups is 1. The van der Waals surface area contributed by atoms with Crippen LogP contribution in [0.4, 0.5) is 0 Å². The highest BCUT2D eigenvalue weighted by Gasteiger charge is 2.17. The fraction of sp³-hybridized carbons (Fsp3) is 0.412. The minimum Gasteiger partial charge on any atom is -0.546 e. The highest BCUT2D eigenvalue weighted by Crippen LogP contribution is 2.06. The average molecular weight is 286 g/mol. The van der Waals surface area contributed by atoms with Gasteiger partial charge in [-0.1, -0.05) is 50.1 Å². The van der Waals surface area contributed by atoms with E-state index in [1.165, 1.54) is 5.56 Å². The van der Waals surface area contributed by atoms with Crippen molar-refractivity contribution in [2.24, 2.45) is 0 Å². The monoisotopic (exact) mass is 286 g/mol. The summed E-state index contributed by atoms with van der Waals surface area (Å²) in [5, 5.41) is 10.9. The van der Waals surface area contributed by atoms with Crippen LogP contribution in [0.2, 0.25) is 0 Å². The van der Waals surface area contributed by atoms with E-state index in [9.17, 15) is 9.90 Å². The Balaban J connectivity index is 2.18. The Labute approximate surface area is 125 Å². The van der Waals surface area contributed by atoms with Crippen molar-refractivity contribution < 1.29 is 14.5 Å². The summed E-state index contributed by atoms with van der Waals surface area (Å²) in [4.78, 5) is 10.9. The maximum atomic E-state index is 10.9. The highest BCUT2D eigenvalue weighted by molar-refractivity contribution is 5.64. The van der Waals surface area contributed by atoms with Gasteiger partial charge in [-0.25, -0.2) is 9.13 Å². The van der Waals surface area contributed by atoms with Gasteiger partial charge in [0.2, 0.25) is 0 Å². The first-order valence-electron chi connectivity index (χ1n) is 7.52. The van der Waals surface area contributed by atoms with Gasteiger partial charge in [0.05, 0.1) is 5.97 Å². The van der Waals surface area contributed by atoms with Crippen molar-refractivity contribution in [2.75, 3.05) is 0 Å². The van der Waals surface area contributed by atoms with E-state index in [0.29, 0.717) is 0 Å². The molecule has 1 aromatic heterocycles. The second-order valence-electron chi connectivity index (χ2n) is 5.28. The number of imidazole rings is 1. The minimum absolute atomic E-state index is 0.0801. The van der Waals surface area contributed by atoms with Crippen LogP contribution in [-0.4, -0.2) is 10.5 Å². The molecule has 2 rings (SSSR count). The van der Waals surface area contributed by atoms with E-state index < -0.39 is 5.97 Å². The summed E-state index contributed by atoms with van der Waals surface area (Å²) in [5.74, 6) is 0.00528. The van der Waals surface area contributed by atoms with Gasteiger partial charge in [-0.2, -0.15) is 0 Å². The zero-order chi connectivity index (χ0) is 15.1. The van der Waals surface area contributed by atoms with Crippen molar-refractivity contribution in [2.45, 2.75) is 45.7 Å². The molecule has 0 saturated heterocycles. The van der Waals surface area contributed by atoms with E-state index >= 15 is 0 Å². The molecule has 0 atom stereocenters. The van der Waals surface area contributed by atoms with Crippen molar-refractivity contribution >= 4 is 5.97 Å². The molecular formula is C17H22N2O2. The fourth-order valence-electron chi connectivity index (χ4n) is 2.53. The van der Waals surface area contributed by atoms with Crippen LogP contribution >= 0.6 is 0 Å². The number of nitrogens with zero attached hydrogens (tertiary/aromatic N) is 2. The normalized spacial score (nSPS) is 10.7. The number of hydrogen-bond acceptors (Lipinski definition) is 2. The van der Waals surface area contributed by atoms with Gasteiger partial charge in [0.15, 0.2) is 0 Å². The van der Waals surface area contributed by atoms with Crippen molar-refractivity contribution in [1.82, 2.24) is 4.57 Å². The maximum absolute atomic E-state index is 10.9. The number of rotatable bonds is 8. The lowest BCUT2D eigenvalue weighted by molar-refractivity contribution is -0.695. The van der Waals surface area contributed by atoms with E-state index in [0.717, 1.165) is 38.1 Å². The summed E-state index contributed by atoms with van der Waals surface area (Å²) in [6.45, 7) is 2.85. The van der Waals surface area contributed by atoms with Crippen LogP contribution in [-0.2, 0) is 24.3 Å². The lowest BCUT2D eigenvalue weighted by atomic mass is 10.2. The Morgan fingerprint density at radius 2 is 2.00 bits per heavy atom. The summed E-state index contributed by atoms with van der Waals surface area (Å²) in [5.41, 5.74) is 1.21. The summed E-state index contributed by atoms with van der Waals surface area (Å²) in [7, 11) is 0. The third-order valence-corrected chi connectivity index (χ3v) is 3.59. The average Bonchev–Trinajstić information content (AvgIpc) is 2.82. The number of carbonyl (C=O) groups excluding carboxylic acids is 1. The molecule has 4 nitrogen and oxygen atoms in total. The largest absolute Gasteiger partial charge is 0.546 e. The fourth-order valence-corrected chi connectivity index (χ4v) is 2.53. The Hall–Kier alpha value is -2.10. The first-order chi connectivity index (χ1) is 10.2. The Kier molecular flexibility index (Phi) is 5.55. The molecule has 0 saturated carbocycles. The lowest BCUT2D eigenvalue weighted by Gasteiger charge is -2.06. The highest BCUT2D eigenvalue weighted by atomic mass is 16.4. The molecular weight excluding hydrogens is 264 g/mol. The molecule has 0 aliphatic heterocycles. The van der Waals surface area contributed by atoms with Gasteiger partial charge in [0, 0.05) is 6.42 Å². The molecule has 0 radical (unpaired) electrons. The van der Waals surface area contributed by atoms with Crippen LogP contribution in [0.3, 0.4) is 0 Å². The summed E-state index contributed by atoms with van der Waals surface area (Å²) >= 11 is 0. The maximum Gasteiger partial charge on any atom is 0.257 e. The van der Waals surface area contributed by atoms with E-state index in [2.05, 4.69) is 23.6 Å². The van der Waals surface area contributed by atoms with Gasteiger partial charge in [0.25, 0.3) is 5.82 Å². The Morgan fingerprint density at radius 1 is 1.24 bits per heavy atom. The number of aromatic nitrogens is 2. The summed E-state index contributed by atoms with van der Waals surface area (Å²) < 4.78 is 3.92. The predicted molar refractivity (Wildman–Crippen MR) is 78.4 cm³/mol. The molecule has 0 fully saturated rings. The van der Waals surface area contributed by atoms with Gasteiger partial charge < -0.3 is 9.90 Å². The molecule has 1 heterocycles. The Bertz CT molecular complexity index is 576. The topological polar surface area (TPSA) is 48.9 Å². The third kappa shape index (κ3) is 4.45. The Morgan fingerprint density at radius 3 is 2.67 bits per heavy atom. The third-order valence-electron chi connectivity index (χ3n) is 3.59. The zero-order valence-electron chi connectivity index (χ0n) is 12.5. The van der Waals surface area contributed by atoms with Crippen molar-refractivity contribution in [3.63, 3.8) is 0 Å². The molecule has 0 spiro atoms. The zero-order valence-corrected chi connectivity index (χ0v) is 12.5. The van der Waals surface area contributed by atoms with Crippen LogP contribution in [0.15, 0.2) is 42.7 Å². The van der Waals surface area contributed by atoms with Gasteiger partial charge >= 0.3 is 0 Å². The molecule has 0 N–H and O–H groups in total. The molecule has 0 bridgehead atoms. The van der Waals surface area contributed by atoms with E-state index in [4.69, 9.17) is 0 Å². The molecule has 0 amide bonds. The van der Waals surface area contributed by atoms with Crippen LogP contribution in [0.5, 0.6) is 0 Å². The SMILES string of the molecule is CCCCCc1n(CC(=O)[O-])cc[n+]1Cc1ccccc1. The first-order valence-corrected chi connectivity index (χ1v) is 7.52. The second-order valence-corrected chi connectivity index (χ2v) is 5.28. The first kappa shape index (κ1) is 15.3. The van der Waals surface area contributed by atoms with E-state index in [1.807, 2.05) is 30.6 Å². The number of carboxylic acid groups (broad SMARTS) is 1. The number of hydrogen-bond donors (Lipinski definition) is 0. The molecule has 1 aromatic carbocycles. The quantitative estimate of drug-likeness (QED) is 0.542. The van der Waals surface area contributed by atoms with Gasteiger partial charge in [-0.15, -0.1) is 0 Å². The smallest absolute Gasteiger partial charge is 0.257 e. The minimum atomic E-state index is -1.05. The van der Waals surface area contributed by atoms with Crippen LogP contribution in [0, 0.1) is 0 Å². The van der Waals surface area contributed by atoms with Crippen molar-refractivity contribution in [1.29, 1.82) is 0 Å². The number of unbranched alkanes of at least 4 members (excludes halogenated alkanes) is 2.